The highest BCUT2D eigenvalue weighted by molar-refractivity contribution is 5.97. The molecule has 7 heteroatoms. The zero-order valence-electron chi connectivity index (χ0n) is 15.5. The van der Waals surface area contributed by atoms with E-state index < -0.39 is 6.04 Å². The predicted molar refractivity (Wildman–Crippen MR) is 96.2 cm³/mol. The molecule has 2 fully saturated rings. The highest BCUT2D eigenvalue weighted by Crippen LogP contribution is 2.29. The van der Waals surface area contributed by atoms with E-state index in [1.807, 2.05) is 18.7 Å². The van der Waals surface area contributed by atoms with Gasteiger partial charge in [-0.1, -0.05) is 19.9 Å². The maximum atomic E-state index is 13.1. The van der Waals surface area contributed by atoms with Gasteiger partial charge in [-0.3, -0.25) is 19.4 Å². The summed E-state index contributed by atoms with van der Waals surface area (Å²) in [6, 6.07) is 4.64. The number of carbonyl (C=O) groups is 3. The molecule has 0 unspecified atom stereocenters. The summed E-state index contributed by atoms with van der Waals surface area (Å²) in [4.78, 5) is 45.2. The van der Waals surface area contributed by atoms with Gasteiger partial charge in [0.1, 0.15) is 11.7 Å². The number of amides is 3. The first-order valence-corrected chi connectivity index (χ1v) is 9.16. The van der Waals surface area contributed by atoms with Gasteiger partial charge >= 0.3 is 0 Å². The molecule has 0 aliphatic carbocycles. The first-order chi connectivity index (χ1) is 12.4. The molecule has 0 spiro atoms. The molecule has 7 nitrogen and oxygen atoms in total. The molecule has 1 aromatic rings. The van der Waals surface area contributed by atoms with Gasteiger partial charge in [-0.15, -0.1) is 0 Å². The minimum Gasteiger partial charge on any atom is -0.352 e. The molecule has 0 aromatic carbocycles. The summed E-state index contributed by atoms with van der Waals surface area (Å²) in [5.41, 5.74) is 0.360. The maximum Gasteiger partial charge on any atom is 0.273 e. The molecule has 2 aliphatic heterocycles. The van der Waals surface area contributed by atoms with Gasteiger partial charge in [-0.2, -0.15) is 0 Å². The van der Waals surface area contributed by atoms with Crippen LogP contribution in [0.2, 0.25) is 0 Å². The number of piperazine rings is 1. The van der Waals surface area contributed by atoms with Gasteiger partial charge in [0.05, 0.1) is 6.04 Å². The molecule has 3 heterocycles. The normalized spacial score (nSPS) is 25.4. The Balaban J connectivity index is 1.84. The lowest BCUT2D eigenvalue weighted by Crippen LogP contribution is -2.61. The van der Waals surface area contributed by atoms with Crippen LogP contribution in [0.3, 0.4) is 0 Å². The fraction of sp³-hybridized carbons (Fsp3) is 0.579. The summed E-state index contributed by atoms with van der Waals surface area (Å²) >= 11 is 0. The third-order valence-corrected chi connectivity index (χ3v) is 5.01. The summed E-state index contributed by atoms with van der Waals surface area (Å²) in [5.74, 6) is -0.0324. The third kappa shape index (κ3) is 3.71. The van der Waals surface area contributed by atoms with Crippen molar-refractivity contribution in [3.63, 3.8) is 0 Å². The lowest BCUT2D eigenvalue weighted by molar-refractivity contribution is -0.142. The van der Waals surface area contributed by atoms with Crippen LogP contribution in [0.15, 0.2) is 24.4 Å². The van der Waals surface area contributed by atoms with E-state index in [0.29, 0.717) is 31.6 Å². The molecule has 0 saturated carbocycles. The first-order valence-electron chi connectivity index (χ1n) is 9.16. The summed E-state index contributed by atoms with van der Waals surface area (Å²) in [6.07, 6.45) is 2.88. The van der Waals surface area contributed by atoms with Crippen molar-refractivity contribution in [1.29, 1.82) is 0 Å². The number of nitrogens with zero attached hydrogens (tertiary/aromatic N) is 3. The number of carbonyl (C=O) groups excluding carboxylic acids is 3. The van der Waals surface area contributed by atoms with Gasteiger partial charge < -0.3 is 15.1 Å². The van der Waals surface area contributed by atoms with E-state index in [1.54, 1.807) is 29.3 Å². The first kappa shape index (κ1) is 18.4. The van der Waals surface area contributed by atoms with Crippen LogP contribution in [0.4, 0.5) is 0 Å². The quantitative estimate of drug-likeness (QED) is 0.872. The minimum absolute atomic E-state index is 0.0212. The molecule has 2 saturated heterocycles. The molecule has 1 aromatic heterocycles. The summed E-state index contributed by atoms with van der Waals surface area (Å²) in [7, 11) is 0. The van der Waals surface area contributed by atoms with Crippen LogP contribution in [0, 0.1) is 5.92 Å². The number of rotatable bonds is 4. The lowest BCUT2D eigenvalue weighted by atomic mass is 9.96. The van der Waals surface area contributed by atoms with Gasteiger partial charge in [0.15, 0.2) is 0 Å². The number of nitrogens with one attached hydrogen (secondary N) is 1. The third-order valence-electron chi connectivity index (χ3n) is 5.01. The smallest absolute Gasteiger partial charge is 0.273 e. The number of fused-ring (bicyclic) bond motifs is 1. The summed E-state index contributed by atoms with van der Waals surface area (Å²) in [6.45, 7) is 6.58. The Bertz CT molecular complexity index is 691. The van der Waals surface area contributed by atoms with Crippen LogP contribution in [-0.4, -0.2) is 63.7 Å². The van der Waals surface area contributed by atoms with Crippen LogP contribution in [-0.2, 0) is 9.59 Å². The van der Waals surface area contributed by atoms with Crippen LogP contribution in [0.1, 0.15) is 44.1 Å². The van der Waals surface area contributed by atoms with Crippen molar-refractivity contribution >= 4 is 17.7 Å². The number of hydrogen-bond donors (Lipinski definition) is 1. The Hall–Kier alpha value is -2.44. The van der Waals surface area contributed by atoms with Gasteiger partial charge in [0, 0.05) is 32.3 Å². The Morgan fingerprint density at radius 1 is 1.31 bits per heavy atom. The van der Waals surface area contributed by atoms with Gasteiger partial charge in [-0.05, 0) is 30.9 Å². The second kappa shape index (κ2) is 7.43. The Morgan fingerprint density at radius 3 is 2.69 bits per heavy atom. The molecule has 3 atom stereocenters. The lowest BCUT2D eigenvalue weighted by Gasteiger charge is -2.43. The van der Waals surface area contributed by atoms with E-state index in [4.69, 9.17) is 0 Å². The second-order valence-corrected chi connectivity index (χ2v) is 7.60. The molecule has 1 N–H and O–H groups in total. The number of aromatic nitrogens is 1. The van der Waals surface area contributed by atoms with E-state index in [9.17, 15) is 14.4 Å². The van der Waals surface area contributed by atoms with E-state index in [2.05, 4.69) is 10.3 Å². The topological polar surface area (TPSA) is 82.6 Å². The van der Waals surface area contributed by atoms with Crippen molar-refractivity contribution in [3.8, 4) is 0 Å². The standard InChI is InChI=1S/C19H26N4O3/c1-12(2)8-17-19(26)22-10-14(21-13(3)24)9-15(22)11-23(17)18(25)16-6-4-5-7-20-16/h4-7,12,14-15,17H,8-11H2,1-3H3,(H,21,24)/t14-,15-,17-/m0/s1. The van der Waals surface area contributed by atoms with Crippen molar-refractivity contribution < 1.29 is 14.4 Å². The van der Waals surface area contributed by atoms with Crippen molar-refractivity contribution in [2.45, 2.75) is 51.7 Å². The van der Waals surface area contributed by atoms with Gasteiger partial charge in [0.2, 0.25) is 11.8 Å². The second-order valence-electron chi connectivity index (χ2n) is 7.60. The molecular formula is C19H26N4O3. The van der Waals surface area contributed by atoms with E-state index in [0.717, 1.165) is 0 Å². The van der Waals surface area contributed by atoms with Crippen LogP contribution in [0.5, 0.6) is 0 Å². The van der Waals surface area contributed by atoms with E-state index in [-0.39, 0.29) is 35.7 Å². The van der Waals surface area contributed by atoms with Crippen LogP contribution >= 0.6 is 0 Å². The van der Waals surface area contributed by atoms with Crippen molar-refractivity contribution in [1.82, 2.24) is 20.1 Å². The average Bonchev–Trinajstić information content (AvgIpc) is 2.99. The zero-order chi connectivity index (χ0) is 18.8. The molecule has 26 heavy (non-hydrogen) atoms. The maximum absolute atomic E-state index is 13.1. The molecule has 0 radical (unpaired) electrons. The SMILES string of the molecule is CC(=O)N[C@H]1C[C@H]2CN(C(=O)c3ccccn3)[C@@H](CC(C)C)C(=O)N2C1. The molecule has 2 aliphatic rings. The molecule has 3 amide bonds. The largest absolute Gasteiger partial charge is 0.352 e. The van der Waals surface area contributed by atoms with E-state index in [1.165, 1.54) is 6.92 Å². The summed E-state index contributed by atoms with van der Waals surface area (Å²) < 4.78 is 0. The molecule has 0 bridgehead atoms. The average molecular weight is 358 g/mol. The molecule has 140 valence electrons. The van der Waals surface area contributed by atoms with Crippen LogP contribution in [0.25, 0.3) is 0 Å². The fourth-order valence-corrected chi connectivity index (χ4v) is 3.97. The molecular weight excluding hydrogens is 332 g/mol. The summed E-state index contributed by atoms with van der Waals surface area (Å²) in [5, 5.41) is 2.90. The Labute approximate surface area is 153 Å². The number of hydrogen-bond acceptors (Lipinski definition) is 4. The fourth-order valence-electron chi connectivity index (χ4n) is 3.97. The van der Waals surface area contributed by atoms with Gasteiger partial charge in [0.25, 0.3) is 5.91 Å². The van der Waals surface area contributed by atoms with Crippen molar-refractivity contribution in [3.05, 3.63) is 30.1 Å². The highest BCUT2D eigenvalue weighted by Gasteiger charge is 2.47. The van der Waals surface area contributed by atoms with Crippen molar-refractivity contribution in [2.75, 3.05) is 13.1 Å². The Morgan fingerprint density at radius 2 is 2.08 bits per heavy atom. The minimum atomic E-state index is -0.475. The van der Waals surface area contributed by atoms with E-state index >= 15 is 0 Å². The number of pyridine rings is 1. The van der Waals surface area contributed by atoms with Gasteiger partial charge in [-0.25, -0.2) is 0 Å². The van der Waals surface area contributed by atoms with Crippen molar-refractivity contribution in [2.24, 2.45) is 5.92 Å². The predicted octanol–water partition coefficient (Wildman–Crippen LogP) is 1.06. The monoisotopic (exact) mass is 358 g/mol. The zero-order valence-corrected chi connectivity index (χ0v) is 15.5. The Kier molecular flexibility index (Phi) is 5.25. The molecule has 3 rings (SSSR count). The van der Waals surface area contributed by atoms with Crippen LogP contribution < -0.4 is 5.32 Å². The highest BCUT2D eigenvalue weighted by atomic mass is 16.2.